The fraction of sp³-hybridized carbons (Fsp3) is 0.542. The number of esters is 1. The number of nitrogens with zero attached hydrogens (tertiary/aromatic N) is 2. The van der Waals surface area contributed by atoms with Crippen LogP contribution >= 0.6 is 0 Å². The van der Waals surface area contributed by atoms with Crippen LogP contribution in [0.5, 0.6) is 0 Å². The van der Waals surface area contributed by atoms with Crippen molar-refractivity contribution in [2.24, 2.45) is 0 Å². The normalized spacial score (nSPS) is 13.3. The van der Waals surface area contributed by atoms with Gasteiger partial charge in [-0.1, -0.05) is 33.8 Å². The van der Waals surface area contributed by atoms with Crippen molar-refractivity contribution in [1.82, 2.24) is 15.1 Å². The highest BCUT2D eigenvalue weighted by Crippen LogP contribution is 2.32. The second kappa shape index (κ2) is 12.1. The van der Waals surface area contributed by atoms with Crippen molar-refractivity contribution in [1.29, 1.82) is 0 Å². The molecule has 0 atom stereocenters. The number of fused-ring (bicyclic) bond motifs is 1. The Hall–Kier alpha value is -2.83. The summed E-state index contributed by atoms with van der Waals surface area (Å²) in [6.07, 6.45) is 4.98. The van der Waals surface area contributed by atoms with Crippen molar-refractivity contribution in [3.05, 3.63) is 35.5 Å². The molecule has 1 N–H and O–H groups in total. The minimum absolute atomic E-state index is 0.303. The Kier molecular flexibility index (Phi) is 10.3. The van der Waals surface area contributed by atoms with E-state index in [-0.39, 0.29) is 6.09 Å². The summed E-state index contributed by atoms with van der Waals surface area (Å²) in [5, 5.41) is 7.72. The summed E-state index contributed by atoms with van der Waals surface area (Å²) < 4.78 is 10.7. The monoisotopic (exact) mass is 431 g/mol. The van der Waals surface area contributed by atoms with E-state index in [4.69, 9.17) is 9.47 Å². The molecule has 1 amide bonds. The van der Waals surface area contributed by atoms with Gasteiger partial charge in [-0.3, -0.25) is 10.00 Å². The molecule has 0 fully saturated rings. The number of rotatable bonds is 3. The van der Waals surface area contributed by atoms with Gasteiger partial charge in [0.1, 0.15) is 5.60 Å². The fourth-order valence-corrected chi connectivity index (χ4v) is 3.12. The minimum atomic E-state index is -0.573. The molecule has 7 nitrogen and oxygen atoms in total. The van der Waals surface area contributed by atoms with Crippen LogP contribution in [0.15, 0.2) is 24.4 Å². The van der Waals surface area contributed by atoms with E-state index < -0.39 is 11.6 Å². The van der Waals surface area contributed by atoms with E-state index in [0.717, 1.165) is 24.1 Å². The maximum Gasteiger partial charge on any atom is 0.414 e. The number of H-pyrrole nitrogens is 1. The number of carbonyl (C=O) groups excluding carboxylic acids is 2. The summed E-state index contributed by atoms with van der Waals surface area (Å²) in [5.41, 5.74) is 2.14. The molecule has 2 heterocycles. The van der Waals surface area contributed by atoms with Crippen LogP contribution in [0.3, 0.4) is 0 Å². The van der Waals surface area contributed by atoms with E-state index in [1.54, 1.807) is 24.1 Å². The van der Waals surface area contributed by atoms with Crippen molar-refractivity contribution in [3.63, 3.8) is 0 Å². The van der Waals surface area contributed by atoms with Gasteiger partial charge >= 0.3 is 12.1 Å². The number of benzene rings is 1. The molecule has 172 valence electrons. The van der Waals surface area contributed by atoms with Crippen LogP contribution in [-0.4, -0.2) is 45.9 Å². The summed E-state index contributed by atoms with van der Waals surface area (Å²) in [5.74, 6) is -0.392. The molecule has 0 saturated heterocycles. The number of nitrogens with one attached hydrogen (secondary N) is 1. The smallest absolute Gasteiger partial charge is 0.414 e. The van der Waals surface area contributed by atoms with Gasteiger partial charge in [0.15, 0.2) is 0 Å². The molecule has 1 aromatic carbocycles. The lowest BCUT2D eigenvalue weighted by atomic mass is 10.00. The van der Waals surface area contributed by atoms with Gasteiger partial charge in [0.25, 0.3) is 0 Å². The number of allylic oxidation sites excluding steroid dienone is 1. The molecule has 3 rings (SSSR count). The Morgan fingerprint density at radius 3 is 2.45 bits per heavy atom. The number of carbonyl (C=O) groups is 2. The van der Waals surface area contributed by atoms with Crippen molar-refractivity contribution in [2.75, 3.05) is 13.2 Å². The van der Waals surface area contributed by atoms with Crippen molar-refractivity contribution < 1.29 is 19.1 Å². The van der Waals surface area contributed by atoms with Crippen LogP contribution in [-0.2, 0) is 9.47 Å². The zero-order valence-electron chi connectivity index (χ0n) is 20.2. The molecule has 0 bridgehead atoms. The van der Waals surface area contributed by atoms with Crippen LogP contribution in [0.25, 0.3) is 16.6 Å². The molecule has 1 aliphatic rings. The SMILES string of the molecule is CC.CC.CCOC(=O)c1ccc(C2=CCCCN2C(=O)OC(C)(C)C)c2[nH]ncc12. The lowest BCUT2D eigenvalue weighted by Gasteiger charge is -2.31. The molecule has 1 aliphatic heterocycles. The highest BCUT2D eigenvalue weighted by Gasteiger charge is 2.28. The molecule has 0 radical (unpaired) electrons. The molecule has 0 unspecified atom stereocenters. The Labute approximate surface area is 185 Å². The fourth-order valence-electron chi connectivity index (χ4n) is 3.12. The number of ether oxygens (including phenoxy) is 2. The van der Waals surface area contributed by atoms with Gasteiger partial charge in [-0.15, -0.1) is 0 Å². The predicted octanol–water partition coefficient (Wildman–Crippen LogP) is 6.16. The number of hydrogen-bond donors (Lipinski definition) is 1. The molecule has 0 aliphatic carbocycles. The van der Waals surface area contributed by atoms with Crippen LogP contribution in [0.2, 0.25) is 0 Å². The predicted molar refractivity (Wildman–Crippen MR) is 125 cm³/mol. The molecule has 2 aromatic rings. The van der Waals surface area contributed by atoms with Crippen molar-refractivity contribution in [3.8, 4) is 0 Å². The van der Waals surface area contributed by atoms with E-state index >= 15 is 0 Å². The lowest BCUT2D eigenvalue weighted by Crippen LogP contribution is -2.37. The molecule has 0 saturated carbocycles. The van der Waals surface area contributed by atoms with E-state index in [2.05, 4.69) is 10.2 Å². The number of aromatic amines is 1. The number of aromatic nitrogens is 2. The minimum Gasteiger partial charge on any atom is -0.462 e. The third-order valence-corrected chi connectivity index (χ3v) is 4.22. The standard InChI is InChI=1S/C20H25N3O4.2C2H6/c1-5-26-18(24)13-9-10-14(17-15(13)12-21-22-17)16-8-6-7-11-23(16)19(25)27-20(2,3)4;2*1-2/h8-10,12H,5-7,11H2,1-4H3,(H,21,22);2*1-2H3. The second-order valence-electron chi connectivity index (χ2n) is 7.40. The molecule has 7 heteroatoms. The van der Waals surface area contributed by atoms with Gasteiger partial charge in [0.05, 0.1) is 29.6 Å². The van der Waals surface area contributed by atoms with Crippen molar-refractivity contribution >= 4 is 28.7 Å². The third kappa shape index (κ3) is 6.57. The highest BCUT2D eigenvalue weighted by atomic mass is 16.6. The van der Waals surface area contributed by atoms with Crippen LogP contribution in [0, 0.1) is 0 Å². The largest absolute Gasteiger partial charge is 0.462 e. The average molecular weight is 432 g/mol. The zero-order chi connectivity index (χ0) is 23.6. The number of hydrogen-bond acceptors (Lipinski definition) is 5. The maximum atomic E-state index is 12.7. The van der Waals surface area contributed by atoms with Gasteiger partial charge in [-0.2, -0.15) is 5.10 Å². The van der Waals surface area contributed by atoms with Crippen LogP contribution in [0.4, 0.5) is 4.79 Å². The third-order valence-electron chi connectivity index (χ3n) is 4.22. The van der Waals surface area contributed by atoms with Gasteiger partial charge < -0.3 is 9.47 Å². The molecular formula is C24H37N3O4. The summed E-state index contributed by atoms with van der Waals surface area (Å²) in [6.45, 7) is 16.2. The van der Waals surface area contributed by atoms with E-state index in [0.29, 0.717) is 29.6 Å². The second-order valence-corrected chi connectivity index (χ2v) is 7.40. The van der Waals surface area contributed by atoms with Crippen LogP contribution < -0.4 is 0 Å². The van der Waals surface area contributed by atoms with E-state index in [1.165, 1.54) is 0 Å². The molecule has 0 spiro atoms. The Morgan fingerprint density at radius 2 is 1.84 bits per heavy atom. The Morgan fingerprint density at radius 1 is 1.16 bits per heavy atom. The van der Waals surface area contributed by atoms with E-state index in [1.807, 2.05) is 60.6 Å². The van der Waals surface area contributed by atoms with E-state index in [9.17, 15) is 9.59 Å². The Bertz CT molecular complexity index is 894. The first kappa shape index (κ1) is 26.2. The summed E-state index contributed by atoms with van der Waals surface area (Å²) in [7, 11) is 0. The lowest BCUT2D eigenvalue weighted by molar-refractivity contribution is 0.0346. The average Bonchev–Trinajstić information content (AvgIpc) is 3.25. The van der Waals surface area contributed by atoms with Crippen molar-refractivity contribution in [2.45, 2.75) is 73.8 Å². The first-order valence-electron chi connectivity index (χ1n) is 11.2. The topological polar surface area (TPSA) is 84.5 Å². The van der Waals surface area contributed by atoms with Gasteiger partial charge in [0, 0.05) is 17.5 Å². The molecule has 31 heavy (non-hydrogen) atoms. The maximum absolute atomic E-state index is 12.7. The van der Waals surface area contributed by atoms with Crippen LogP contribution in [0.1, 0.15) is 84.2 Å². The summed E-state index contributed by atoms with van der Waals surface area (Å²) in [4.78, 5) is 26.6. The van der Waals surface area contributed by atoms with Gasteiger partial charge in [-0.25, -0.2) is 9.59 Å². The zero-order valence-corrected chi connectivity index (χ0v) is 20.2. The summed E-state index contributed by atoms with van der Waals surface area (Å²) >= 11 is 0. The summed E-state index contributed by atoms with van der Waals surface area (Å²) in [6, 6.07) is 3.54. The number of amides is 1. The van der Waals surface area contributed by atoms with Gasteiger partial charge in [0.2, 0.25) is 0 Å². The van der Waals surface area contributed by atoms with Gasteiger partial charge in [-0.05, 0) is 52.7 Å². The first-order valence-corrected chi connectivity index (χ1v) is 11.2. The molecule has 1 aromatic heterocycles. The highest BCUT2D eigenvalue weighted by molar-refractivity contribution is 6.06. The quantitative estimate of drug-likeness (QED) is 0.588. The molecular weight excluding hydrogens is 394 g/mol. The first-order chi connectivity index (χ1) is 14.8. The Balaban J connectivity index is 0.00000113.